The maximum Gasteiger partial charge on any atom is 0.317 e. The van der Waals surface area contributed by atoms with Crippen LogP contribution in [-0.2, 0) is 4.79 Å². The molecule has 0 radical (unpaired) electrons. The van der Waals surface area contributed by atoms with Gasteiger partial charge in [-0.05, 0) is 25.7 Å². The Labute approximate surface area is 119 Å². The lowest BCUT2D eigenvalue weighted by Gasteiger charge is -2.38. The molecule has 0 aliphatic heterocycles. The molecule has 0 aromatic carbocycles. The first-order valence-electron chi connectivity index (χ1n) is 7.32. The lowest BCUT2D eigenvalue weighted by atomic mass is 9.69. The highest BCUT2D eigenvalue weighted by molar-refractivity contribution is 5.78. The molecular formula is C14H24N2O4. The number of carbonyl (C=O) groups excluding carboxylic acids is 1. The van der Waals surface area contributed by atoms with Crippen molar-refractivity contribution in [1.82, 2.24) is 10.2 Å². The van der Waals surface area contributed by atoms with Crippen molar-refractivity contribution in [2.45, 2.75) is 50.5 Å². The van der Waals surface area contributed by atoms with Gasteiger partial charge in [-0.1, -0.05) is 19.3 Å². The Kier molecular flexibility index (Phi) is 4.22. The fraction of sp³-hybridized carbons (Fsp3) is 0.857. The maximum atomic E-state index is 12.0. The third kappa shape index (κ3) is 3.06. The van der Waals surface area contributed by atoms with E-state index in [0.717, 1.165) is 32.1 Å². The number of amides is 2. The fourth-order valence-electron chi connectivity index (χ4n) is 3.15. The summed E-state index contributed by atoms with van der Waals surface area (Å²) in [4.78, 5) is 24.7. The molecule has 20 heavy (non-hydrogen) atoms. The Balaban J connectivity index is 1.81. The van der Waals surface area contributed by atoms with Crippen LogP contribution in [0.4, 0.5) is 4.79 Å². The molecule has 2 rings (SSSR count). The number of carbonyl (C=O) groups is 2. The highest BCUT2D eigenvalue weighted by Crippen LogP contribution is 2.40. The lowest BCUT2D eigenvalue weighted by molar-refractivity contribution is -0.153. The zero-order chi connectivity index (χ0) is 14.8. The summed E-state index contributed by atoms with van der Waals surface area (Å²) in [5, 5.41) is 22.2. The molecule has 0 aromatic rings. The van der Waals surface area contributed by atoms with Crippen LogP contribution in [0.25, 0.3) is 0 Å². The maximum absolute atomic E-state index is 12.0. The van der Waals surface area contributed by atoms with E-state index in [0.29, 0.717) is 19.4 Å². The largest absolute Gasteiger partial charge is 0.481 e. The molecule has 0 heterocycles. The molecular weight excluding hydrogens is 260 g/mol. The van der Waals surface area contributed by atoms with Crippen molar-refractivity contribution in [2.75, 3.05) is 20.1 Å². The summed E-state index contributed by atoms with van der Waals surface area (Å²) in [5.41, 5.74) is -1.55. The van der Waals surface area contributed by atoms with Gasteiger partial charge < -0.3 is 20.4 Å². The molecule has 114 valence electrons. The number of aliphatic carboxylic acids is 1. The minimum absolute atomic E-state index is 0.171. The highest BCUT2D eigenvalue weighted by atomic mass is 16.4. The first kappa shape index (κ1) is 15.1. The summed E-state index contributed by atoms with van der Waals surface area (Å²) in [6.07, 6.45) is 5.58. The number of rotatable bonds is 5. The number of likely N-dealkylation sites (N-methyl/N-ethyl adjacent to an activating group) is 1. The Hall–Kier alpha value is -1.30. The first-order valence-corrected chi connectivity index (χ1v) is 7.32. The molecule has 6 nitrogen and oxygen atoms in total. The third-order valence-electron chi connectivity index (χ3n) is 4.75. The number of aliphatic hydroxyl groups is 1. The Morgan fingerprint density at radius 2 is 1.75 bits per heavy atom. The number of hydrogen-bond acceptors (Lipinski definition) is 3. The molecule has 0 bridgehead atoms. The second kappa shape index (κ2) is 5.60. The summed E-state index contributed by atoms with van der Waals surface area (Å²) < 4.78 is 0. The number of carboxylic acid groups (broad SMARTS) is 1. The van der Waals surface area contributed by atoms with Gasteiger partial charge >= 0.3 is 12.0 Å². The molecule has 0 spiro atoms. The van der Waals surface area contributed by atoms with Crippen LogP contribution < -0.4 is 5.32 Å². The van der Waals surface area contributed by atoms with Gasteiger partial charge in [-0.25, -0.2) is 4.79 Å². The second-order valence-corrected chi connectivity index (χ2v) is 6.39. The van der Waals surface area contributed by atoms with Crippen LogP contribution in [0.1, 0.15) is 44.9 Å². The van der Waals surface area contributed by atoms with Crippen LogP contribution in [0.3, 0.4) is 0 Å². The van der Waals surface area contributed by atoms with Gasteiger partial charge in [0.05, 0.1) is 17.6 Å². The van der Waals surface area contributed by atoms with E-state index in [1.165, 1.54) is 4.90 Å². The van der Waals surface area contributed by atoms with Crippen molar-refractivity contribution in [1.29, 1.82) is 0 Å². The van der Waals surface area contributed by atoms with Gasteiger partial charge in [0.1, 0.15) is 0 Å². The van der Waals surface area contributed by atoms with Gasteiger partial charge in [-0.2, -0.15) is 0 Å². The minimum atomic E-state index is -0.832. The Morgan fingerprint density at radius 1 is 1.15 bits per heavy atom. The summed E-state index contributed by atoms with van der Waals surface area (Å²) >= 11 is 0. The average molecular weight is 284 g/mol. The molecule has 2 aliphatic rings. The van der Waals surface area contributed by atoms with E-state index in [2.05, 4.69) is 5.32 Å². The molecule has 2 saturated carbocycles. The number of urea groups is 1. The number of hydrogen-bond donors (Lipinski definition) is 3. The quantitative estimate of drug-likeness (QED) is 0.707. The molecule has 3 N–H and O–H groups in total. The fourth-order valence-corrected chi connectivity index (χ4v) is 3.15. The van der Waals surface area contributed by atoms with Gasteiger partial charge in [-0.15, -0.1) is 0 Å². The average Bonchev–Trinajstić information content (AvgIpc) is 2.73. The molecule has 2 fully saturated rings. The van der Waals surface area contributed by atoms with Crippen LogP contribution in [0.15, 0.2) is 0 Å². The molecule has 0 unspecified atom stereocenters. The van der Waals surface area contributed by atoms with Crippen LogP contribution in [0.2, 0.25) is 0 Å². The topological polar surface area (TPSA) is 89.9 Å². The second-order valence-electron chi connectivity index (χ2n) is 6.39. The molecule has 2 amide bonds. The first-order chi connectivity index (χ1) is 9.37. The van der Waals surface area contributed by atoms with Gasteiger partial charge in [0.15, 0.2) is 0 Å². The van der Waals surface area contributed by atoms with E-state index in [1.54, 1.807) is 7.05 Å². The predicted molar refractivity (Wildman–Crippen MR) is 73.4 cm³/mol. The van der Waals surface area contributed by atoms with Crippen LogP contribution in [0.5, 0.6) is 0 Å². The van der Waals surface area contributed by atoms with Crippen molar-refractivity contribution in [2.24, 2.45) is 5.41 Å². The van der Waals surface area contributed by atoms with E-state index in [-0.39, 0.29) is 12.6 Å². The molecule has 6 heteroatoms. The van der Waals surface area contributed by atoms with E-state index < -0.39 is 17.0 Å². The van der Waals surface area contributed by atoms with Crippen LogP contribution in [-0.4, -0.2) is 52.9 Å². The van der Waals surface area contributed by atoms with Gasteiger partial charge in [0, 0.05) is 13.6 Å². The third-order valence-corrected chi connectivity index (χ3v) is 4.75. The van der Waals surface area contributed by atoms with Crippen molar-refractivity contribution in [3.63, 3.8) is 0 Å². The lowest BCUT2D eigenvalue weighted by Crippen LogP contribution is -2.52. The Bertz CT molecular complexity index is 387. The highest BCUT2D eigenvalue weighted by Gasteiger charge is 2.44. The van der Waals surface area contributed by atoms with E-state index in [9.17, 15) is 19.8 Å². The molecule has 0 saturated heterocycles. The van der Waals surface area contributed by atoms with Gasteiger partial charge in [0.25, 0.3) is 0 Å². The van der Waals surface area contributed by atoms with Gasteiger partial charge in [0.2, 0.25) is 0 Å². The number of nitrogens with one attached hydrogen (secondary N) is 1. The van der Waals surface area contributed by atoms with Crippen molar-refractivity contribution in [3.8, 4) is 0 Å². The zero-order valence-corrected chi connectivity index (χ0v) is 12.0. The SMILES string of the molecule is CN(CC1(O)CCCC1)C(=O)NCC1(C(=O)O)CCC1. The molecule has 0 atom stereocenters. The smallest absolute Gasteiger partial charge is 0.317 e. The van der Waals surface area contributed by atoms with Crippen LogP contribution >= 0.6 is 0 Å². The standard InChI is InChI=1S/C14H24N2O4/c1-16(10-14(20)7-2-3-8-14)12(19)15-9-13(11(17)18)5-4-6-13/h20H,2-10H2,1H3,(H,15,19)(H,17,18). The number of nitrogens with zero attached hydrogens (tertiary/aromatic N) is 1. The monoisotopic (exact) mass is 284 g/mol. The summed E-state index contributed by atoms with van der Waals surface area (Å²) in [6.45, 7) is 0.475. The van der Waals surface area contributed by atoms with E-state index >= 15 is 0 Å². The normalized spacial score (nSPS) is 22.9. The van der Waals surface area contributed by atoms with Gasteiger partial charge in [-0.3, -0.25) is 4.79 Å². The van der Waals surface area contributed by atoms with Crippen molar-refractivity contribution in [3.05, 3.63) is 0 Å². The van der Waals surface area contributed by atoms with E-state index in [4.69, 9.17) is 0 Å². The van der Waals surface area contributed by atoms with Crippen molar-refractivity contribution < 1.29 is 19.8 Å². The zero-order valence-electron chi connectivity index (χ0n) is 12.0. The summed E-state index contributed by atoms with van der Waals surface area (Å²) in [7, 11) is 1.64. The molecule has 0 aromatic heterocycles. The Morgan fingerprint density at radius 3 is 2.20 bits per heavy atom. The van der Waals surface area contributed by atoms with Crippen LogP contribution in [0, 0.1) is 5.41 Å². The number of carboxylic acids is 1. The summed E-state index contributed by atoms with van der Waals surface area (Å²) in [5.74, 6) is -0.832. The minimum Gasteiger partial charge on any atom is -0.481 e. The molecule has 2 aliphatic carbocycles. The predicted octanol–water partition coefficient (Wildman–Crippen LogP) is 1.19. The van der Waals surface area contributed by atoms with Crippen molar-refractivity contribution >= 4 is 12.0 Å². The van der Waals surface area contributed by atoms with E-state index in [1.807, 2.05) is 0 Å². The summed E-state index contributed by atoms with van der Waals surface area (Å²) in [6, 6.07) is -0.308.